The molecule has 15 heavy (non-hydrogen) atoms. The highest BCUT2D eigenvalue weighted by molar-refractivity contribution is 4.80. The fourth-order valence-corrected chi connectivity index (χ4v) is 1.81. The van der Waals surface area contributed by atoms with E-state index in [4.69, 9.17) is 9.47 Å². The van der Waals surface area contributed by atoms with Gasteiger partial charge >= 0.3 is 0 Å². The van der Waals surface area contributed by atoms with Gasteiger partial charge in [0.25, 0.3) is 0 Å². The lowest BCUT2D eigenvalue weighted by atomic mass is 10.0. The Hall–Kier alpha value is -0.160. The molecule has 0 radical (unpaired) electrons. The highest BCUT2D eigenvalue weighted by Crippen LogP contribution is 2.22. The van der Waals surface area contributed by atoms with Crippen molar-refractivity contribution in [3.05, 3.63) is 0 Å². The maximum atomic E-state index is 9.57. The highest BCUT2D eigenvalue weighted by Gasteiger charge is 2.35. The van der Waals surface area contributed by atoms with E-state index in [0.29, 0.717) is 6.42 Å². The standard InChI is InChI=1S/C11H22O4/c1-4-8(5-2)15-10-6-9(12)11(13)7(3)14-10/h7-13H,4-6H2,1-3H3/t7-,9-,10+,11-/m1/s1. The minimum atomic E-state index is -0.799. The van der Waals surface area contributed by atoms with Crippen molar-refractivity contribution in [3.8, 4) is 0 Å². The van der Waals surface area contributed by atoms with Crippen LogP contribution in [0, 0.1) is 0 Å². The molecule has 1 heterocycles. The molecule has 0 bridgehead atoms. The molecule has 0 amide bonds. The van der Waals surface area contributed by atoms with E-state index in [1.54, 1.807) is 6.92 Å². The first-order valence-corrected chi connectivity index (χ1v) is 5.75. The van der Waals surface area contributed by atoms with Crippen LogP contribution in [-0.4, -0.2) is 40.9 Å². The highest BCUT2D eigenvalue weighted by atomic mass is 16.7. The summed E-state index contributed by atoms with van der Waals surface area (Å²) in [5.41, 5.74) is 0. The maximum Gasteiger partial charge on any atom is 0.161 e. The van der Waals surface area contributed by atoms with Gasteiger partial charge in [-0.15, -0.1) is 0 Å². The molecule has 4 atom stereocenters. The number of ether oxygens (including phenoxy) is 2. The lowest BCUT2D eigenvalue weighted by molar-refractivity contribution is -0.259. The van der Waals surface area contributed by atoms with Gasteiger partial charge in [-0.05, 0) is 19.8 Å². The molecule has 0 spiro atoms. The first-order valence-electron chi connectivity index (χ1n) is 5.75. The zero-order chi connectivity index (χ0) is 11.4. The fraction of sp³-hybridized carbons (Fsp3) is 1.00. The van der Waals surface area contributed by atoms with Gasteiger partial charge in [-0.1, -0.05) is 13.8 Å². The molecule has 4 nitrogen and oxygen atoms in total. The van der Waals surface area contributed by atoms with Crippen molar-refractivity contribution < 1.29 is 19.7 Å². The molecule has 1 aliphatic rings. The van der Waals surface area contributed by atoms with E-state index in [0.717, 1.165) is 12.8 Å². The third-order valence-electron chi connectivity index (χ3n) is 2.93. The third-order valence-corrected chi connectivity index (χ3v) is 2.93. The van der Waals surface area contributed by atoms with Crippen LogP contribution in [0.25, 0.3) is 0 Å². The monoisotopic (exact) mass is 218 g/mol. The number of hydrogen-bond acceptors (Lipinski definition) is 4. The summed E-state index contributed by atoms with van der Waals surface area (Å²) in [4.78, 5) is 0. The van der Waals surface area contributed by atoms with Crippen molar-refractivity contribution in [2.45, 2.75) is 70.7 Å². The van der Waals surface area contributed by atoms with Crippen molar-refractivity contribution >= 4 is 0 Å². The predicted molar refractivity (Wildman–Crippen MR) is 56.4 cm³/mol. The SMILES string of the molecule is CCC(CC)O[C@H]1C[C@@H](O)[C@H](O)[C@@H](C)O1. The molecule has 1 fully saturated rings. The second-order valence-electron chi connectivity index (χ2n) is 4.14. The maximum absolute atomic E-state index is 9.57. The molecule has 90 valence electrons. The molecule has 1 rings (SSSR count). The molecule has 0 unspecified atom stereocenters. The van der Waals surface area contributed by atoms with Crippen molar-refractivity contribution in [2.24, 2.45) is 0 Å². The molecule has 0 saturated carbocycles. The largest absolute Gasteiger partial charge is 0.390 e. The average molecular weight is 218 g/mol. The van der Waals surface area contributed by atoms with E-state index in [1.807, 2.05) is 0 Å². The van der Waals surface area contributed by atoms with E-state index in [1.165, 1.54) is 0 Å². The summed E-state index contributed by atoms with van der Waals surface area (Å²) in [5, 5.41) is 19.0. The van der Waals surface area contributed by atoms with Gasteiger partial charge in [0, 0.05) is 6.42 Å². The second kappa shape index (κ2) is 5.80. The minimum absolute atomic E-state index is 0.171. The van der Waals surface area contributed by atoms with Crippen molar-refractivity contribution in [2.75, 3.05) is 0 Å². The van der Waals surface area contributed by atoms with Crippen molar-refractivity contribution in [3.63, 3.8) is 0 Å². The Morgan fingerprint density at radius 2 is 1.93 bits per heavy atom. The van der Waals surface area contributed by atoms with Crippen LogP contribution in [0.15, 0.2) is 0 Å². The molecule has 0 aliphatic carbocycles. The van der Waals surface area contributed by atoms with Crippen LogP contribution < -0.4 is 0 Å². The summed E-state index contributed by atoms with van der Waals surface area (Å²) in [6, 6.07) is 0. The molecule has 0 aromatic rings. The van der Waals surface area contributed by atoms with Crippen LogP contribution in [0.5, 0.6) is 0 Å². The quantitative estimate of drug-likeness (QED) is 0.740. The molecular weight excluding hydrogens is 196 g/mol. The Balaban J connectivity index is 2.43. The van der Waals surface area contributed by atoms with Gasteiger partial charge in [-0.3, -0.25) is 0 Å². The van der Waals surface area contributed by atoms with Gasteiger partial charge in [0.2, 0.25) is 0 Å². The molecular formula is C11H22O4. The lowest BCUT2D eigenvalue weighted by Crippen LogP contribution is -2.48. The van der Waals surface area contributed by atoms with E-state index in [9.17, 15) is 10.2 Å². The number of aliphatic hydroxyl groups excluding tert-OH is 2. The first-order chi connectivity index (χ1) is 7.08. The lowest BCUT2D eigenvalue weighted by Gasteiger charge is -2.36. The van der Waals surface area contributed by atoms with Crippen LogP contribution in [0.2, 0.25) is 0 Å². The normalized spacial score (nSPS) is 37.2. The van der Waals surface area contributed by atoms with E-state index in [-0.39, 0.29) is 18.5 Å². The summed E-state index contributed by atoms with van der Waals surface area (Å²) >= 11 is 0. The second-order valence-corrected chi connectivity index (χ2v) is 4.14. The van der Waals surface area contributed by atoms with Crippen LogP contribution >= 0.6 is 0 Å². The summed E-state index contributed by atoms with van der Waals surface area (Å²) < 4.78 is 11.2. The Morgan fingerprint density at radius 1 is 1.33 bits per heavy atom. The van der Waals surface area contributed by atoms with Gasteiger partial charge in [-0.2, -0.15) is 0 Å². The molecule has 1 saturated heterocycles. The molecule has 4 heteroatoms. The third kappa shape index (κ3) is 3.41. The Bertz CT molecular complexity index is 169. The summed E-state index contributed by atoms with van der Waals surface area (Å²) in [5.74, 6) is 0. The smallest absolute Gasteiger partial charge is 0.161 e. The first kappa shape index (κ1) is 12.9. The van der Waals surface area contributed by atoms with E-state index < -0.39 is 12.2 Å². The molecule has 2 N–H and O–H groups in total. The van der Waals surface area contributed by atoms with Gasteiger partial charge < -0.3 is 19.7 Å². The molecule has 0 aromatic carbocycles. The summed E-state index contributed by atoms with van der Waals surface area (Å²) in [6.45, 7) is 5.87. The molecule has 1 aliphatic heterocycles. The van der Waals surface area contributed by atoms with Crippen LogP contribution in [0.1, 0.15) is 40.0 Å². The summed E-state index contributed by atoms with van der Waals surface area (Å²) in [6.07, 6.45) is 0.0927. The Kier molecular flexibility index (Phi) is 4.99. The number of rotatable bonds is 4. The van der Waals surface area contributed by atoms with Crippen molar-refractivity contribution in [1.82, 2.24) is 0 Å². The van der Waals surface area contributed by atoms with Gasteiger partial charge in [-0.25, -0.2) is 0 Å². The summed E-state index contributed by atoms with van der Waals surface area (Å²) in [7, 11) is 0. The minimum Gasteiger partial charge on any atom is -0.390 e. The fourth-order valence-electron chi connectivity index (χ4n) is 1.81. The number of hydrogen-bond donors (Lipinski definition) is 2. The number of aliphatic hydroxyl groups is 2. The Morgan fingerprint density at radius 3 is 2.40 bits per heavy atom. The Labute approximate surface area is 91.2 Å². The van der Waals surface area contributed by atoms with Gasteiger partial charge in [0.05, 0.1) is 18.3 Å². The molecule has 0 aromatic heterocycles. The van der Waals surface area contributed by atoms with E-state index in [2.05, 4.69) is 13.8 Å². The van der Waals surface area contributed by atoms with Crippen LogP contribution in [0.3, 0.4) is 0 Å². The van der Waals surface area contributed by atoms with Crippen LogP contribution in [0.4, 0.5) is 0 Å². The van der Waals surface area contributed by atoms with Gasteiger partial charge in [0.15, 0.2) is 6.29 Å². The zero-order valence-corrected chi connectivity index (χ0v) is 9.72. The average Bonchev–Trinajstić information content (AvgIpc) is 2.22. The van der Waals surface area contributed by atoms with Gasteiger partial charge in [0.1, 0.15) is 6.10 Å². The van der Waals surface area contributed by atoms with Crippen LogP contribution in [-0.2, 0) is 9.47 Å². The predicted octanol–water partition coefficient (Wildman–Crippen LogP) is 1.05. The van der Waals surface area contributed by atoms with E-state index >= 15 is 0 Å². The zero-order valence-electron chi connectivity index (χ0n) is 9.72. The topological polar surface area (TPSA) is 58.9 Å². The van der Waals surface area contributed by atoms with Crippen molar-refractivity contribution in [1.29, 1.82) is 0 Å².